The highest BCUT2D eigenvalue weighted by Gasteiger charge is 2.15. The average Bonchev–Trinajstić information content (AvgIpc) is 3.14. The Morgan fingerprint density at radius 3 is 2.74 bits per heavy atom. The fourth-order valence-electron chi connectivity index (χ4n) is 3.51. The van der Waals surface area contributed by atoms with E-state index in [1.807, 2.05) is 13.2 Å². The van der Waals surface area contributed by atoms with Gasteiger partial charge in [0.1, 0.15) is 5.82 Å². The Balaban J connectivity index is 1.52. The Kier molecular flexibility index (Phi) is 5.72. The molecule has 1 aromatic heterocycles. The largest absolute Gasteiger partial charge is 0.357 e. The summed E-state index contributed by atoms with van der Waals surface area (Å²) < 4.78 is 0. The van der Waals surface area contributed by atoms with Crippen molar-refractivity contribution in [3.05, 3.63) is 23.9 Å². The predicted molar refractivity (Wildman–Crippen MR) is 95.9 cm³/mol. The second kappa shape index (κ2) is 8.18. The molecule has 2 aliphatic rings. The molecule has 0 bridgehead atoms. The monoisotopic (exact) mass is 315 g/mol. The molecule has 0 unspecified atom stereocenters. The summed E-state index contributed by atoms with van der Waals surface area (Å²) in [4.78, 5) is 11.3. The molecule has 0 atom stereocenters. The van der Waals surface area contributed by atoms with Gasteiger partial charge in [-0.3, -0.25) is 4.99 Å². The summed E-state index contributed by atoms with van der Waals surface area (Å²) in [5.74, 6) is 2.02. The molecular weight excluding hydrogens is 286 g/mol. The lowest BCUT2D eigenvalue weighted by molar-refractivity contribution is 0.410. The van der Waals surface area contributed by atoms with Gasteiger partial charge in [-0.2, -0.15) is 0 Å². The summed E-state index contributed by atoms with van der Waals surface area (Å²) in [5, 5.41) is 7.00. The Hall–Kier alpha value is -1.78. The van der Waals surface area contributed by atoms with Crippen molar-refractivity contribution in [1.29, 1.82) is 0 Å². The SMILES string of the molecule is CN=C(NCc1ccnc(N2CCCC2)c1)NC1CCCCC1. The molecule has 3 rings (SSSR count). The number of pyridine rings is 1. The van der Waals surface area contributed by atoms with E-state index in [1.54, 1.807) is 0 Å². The van der Waals surface area contributed by atoms with Crippen LogP contribution in [0.1, 0.15) is 50.5 Å². The van der Waals surface area contributed by atoms with Crippen LogP contribution >= 0.6 is 0 Å². The van der Waals surface area contributed by atoms with Crippen molar-refractivity contribution in [2.24, 2.45) is 4.99 Å². The van der Waals surface area contributed by atoms with Gasteiger partial charge in [0.25, 0.3) is 0 Å². The van der Waals surface area contributed by atoms with E-state index in [-0.39, 0.29) is 0 Å². The summed E-state index contributed by atoms with van der Waals surface area (Å²) in [6.45, 7) is 3.05. The first-order chi connectivity index (χ1) is 11.3. The average molecular weight is 315 g/mol. The Morgan fingerprint density at radius 2 is 2.00 bits per heavy atom. The van der Waals surface area contributed by atoms with Gasteiger partial charge < -0.3 is 15.5 Å². The summed E-state index contributed by atoms with van der Waals surface area (Å²) in [6, 6.07) is 4.86. The van der Waals surface area contributed by atoms with Gasteiger partial charge in [0.15, 0.2) is 5.96 Å². The maximum Gasteiger partial charge on any atom is 0.191 e. The van der Waals surface area contributed by atoms with Crippen LogP contribution in [0.4, 0.5) is 5.82 Å². The quantitative estimate of drug-likeness (QED) is 0.662. The second-order valence-electron chi connectivity index (χ2n) is 6.62. The number of rotatable bonds is 4. The molecule has 1 aliphatic heterocycles. The van der Waals surface area contributed by atoms with Crippen LogP contribution in [0.15, 0.2) is 23.3 Å². The van der Waals surface area contributed by atoms with Crippen LogP contribution in [0.5, 0.6) is 0 Å². The topological polar surface area (TPSA) is 52.6 Å². The highest BCUT2D eigenvalue weighted by atomic mass is 15.2. The van der Waals surface area contributed by atoms with Crippen molar-refractivity contribution in [1.82, 2.24) is 15.6 Å². The van der Waals surface area contributed by atoms with Crippen LogP contribution in [0, 0.1) is 0 Å². The van der Waals surface area contributed by atoms with Crippen LogP contribution in [0.3, 0.4) is 0 Å². The molecule has 1 saturated heterocycles. The Morgan fingerprint density at radius 1 is 1.22 bits per heavy atom. The summed E-state index contributed by atoms with van der Waals surface area (Å²) in [5.41, 5.74) is 1.26. The maximum atomic E-state index is 4.51. The first-order valence-corrected chi connectivity index (χ1v) is 9.02. The zero-order valence-electron chi connectivity index (χ0n) is 14.2. The highest BCUT2D eigenvalue weighted by Crippen LogP contribution is 2.19. The lowest BCUT2D eigenvalue weighted by atomic mass is 9.96. The van der Waals surface area contributed by atoms with E-state index in [1.165, 1.54) is 50.5 Å². The Bertz CT molecular complexity index is 516. The molecule has 1 saturated carbocycles. The van der Waals surface area contributed by atoms with Crippen LogP contribution in [0.2, 0.25) is 0 Å². The molecule has 0 amide bonds. The first kappa shape index (κ1) is 16.1. The van der Waals surface area contributed by atoms with E-state index in [2.05, 4.69) is 37.6 Å². The molecule has 126 valence electrons. The molecule has 5 heteroatoms. The third-order valence-corrected chi connectivity index (χ3v) is 4.87. The van der Waals surface area contributed by atoms with E-state index in [4.69, 9.17) is 0 Å². The van der Waals surface area contributed by atoms with Crippen molar-refractivity contribution < 1.29 is 0 Å². The molecule has 0 radical (unpaired) electrons. The van der Waals surface area contributed by atoms with Gasteiger partial charge in [-0.15, -0.1) is 0 Å². The number of hydrogen-bond acceptors (Lipinski definition) is 3. The van der Waals surface area contributed by atoms with Gasteiger partial charge in [0, 0.05) is 38.9 Å². The predicted octanol–water partition coefficient (Wildman–Crippen LogP) is 2.68. The molecule has 1 aliphatic carbocycles. The van der Waals surface area contributed by atoms with Gasteiger partial charge in [-0.05, 0) is 43.4 Å². The number of nitrogens with one attached hydrogen (secondary N) is 2. The normalized spacial score (nSPS) is 19.9. The van der Waals surface area contributed by atoms with Gasteiger partial charge >= 0.3 is 0 Å². The summed E-state index contributed by atoms with van der Waals surface area (Å²) >= 11 is 0. The maximum absolute atomic E-state index is 4.51. The molecule has 1 aromatic rings. The second-order valence-corrected chi connectivity index (χ2v) is 6.62. The number of hydrogen-bond donors (Lipinski definition) is 2. The van der Waals surface area contributed by atoms with Crippen LogP contribution in [0.25, 0.3) is 0 Å². The third-order valence-electron chi connectivity index (χ3n) is 4.87. The van der Waals surface area contributed by atoms with E-state index in [0.717, 1.165) is 31.4 Å². The van der Waals surface area contributed by atoms with E-state index in [9.17, 15) is 0 Å². The van der Waals surface area contributed by atoms with E-state index >= 15 is 0 Å². The van der Waals surface area contributed by atoms with Crippen LogP contribution in [-0.2, 0) is 6.54 Å². The molecule has 2 heterocycles. The highest BCUT2D eigenvalue weighted by molar-refractivity contribution is 5.79. The van der Waals surface area contributed by atoms with Gasteiger partial charge in [0.2, 0.25) is 0 Å². The lowest BCUT2D eigenvalue weighted by Crippen LogP contribution is -2.43. The minimum Gasteiger partial charge on any atom is -0.357 e. The van der Waals surface area contributed by atoms with Crippen molar-refractivity contribution in [3.8, 4) is 0 Å². The zero-order valence-corrected chi connectivity index (χ0v) is 14.2. The standard InChI is InChI=1S/C18H29N5/c1-19-18(22-16-7-3-2-4-8-16)21-14-15-9-10-20-17(13-15)23-11-5-6-12-23/h9-10,13,16H,2-8,11-12,14H2,1H3,(H2,19,21,22). The van der Waals surface area contributed by atoms with E-state index in [0.29, 0.717) is 6.04 Å². The zero-order chi connectivity index (χ0) is 15.9. The molecule has 2 fully saturated rings. The number of nitrogens with zero attached hydrogens (tertiary/aromatic N) is 3. The molecular formula is C18H29N5. The van der Waals surface area contributed by atoms with Crippen molar-refractivity contribution in [3.63, 3.8) is 0 Å². The number of anilines is 1. The van der Waals surface area contributed by atoms with Crippen molar-refractivity contribution in [2.75, 3.05) is 25.0 Å². The van der Waals surface area contributed by atoms with Gasteiger partial charge in [-0.1, -0.05) is 19.3 Å². The van der Waals surface area contributed by atoms with Crippen molar-refractivity contribution in [2.45, 2.75) is 57.5 Å². The number of aromatic nitrogens is 1. The smallest absolute Gasteiger partial charge is 0.191 e. The first-order valence-electron chi connectivity index (χ1n) is 9.02. The minimum absolute atomic E-state index is 0.576. The molecule has 5 nitrogen and oxygen atoms in total. The minimum atomic E-state index is 0.576. The number of aliphatic imine (C=N–C) groups is 1. The molecule has 0 aromatic carbocycles. The lowest BCUT2D eigenvalue weighted by Gasteiger charge is -2.25. The van der Waals surface area contributed by atoms with Crippen LogP contribution in [-0.4, -0.2) is 37.1 Å². The van der Waals surface area contributed by atoms with Crippen molar-refractivity contribution >= 4 is 11.8 Å². The summed E-state index contributed by atoms with van der Waals surface area (Å²) in [6.07, 6.45) is 11.0. The third kappa shape index (κ3) is 4.60. The molecule has 23 heavy (non-hydrogen) atoms. The number of guanidine groups is 1. The summed E-state index contributed by atoms with van der Waals surface area (Å²) in [7, 11) is 1.85. The van der Waals surface area contributed by atoms with Gasteiger partial charge in [0.05, 0.1) is 0 Å². The molecule has 2 N–H and O–H groups in total. The Labute approximate surface area is 139 Å². The van der Waals surface area contributed by atoms with Gasteiger partial charge in [-0.25, -0.2) is 4.98 Å². The van der Waals surface area contributed by atoms with Crippen LogP contribution < -0.4 is 15.5 Å². The molecule has 0 spiro atoms. The fraction of sp³-hybridized carbons (Fsp3) is 0.667. The fourth-order valence-corrected chi connectivity index (χ4v) is 3.51. The van der Waals surface area contributed by atoms with E-state index < -0.39 is 0 Å².